The molecule has 2 aromatic rings. The maximum Gasteiger partial charge on any atom is 0.306 e. The minimum Gasteiger partial charge on any atom is -0.486 e. The lowest BCUT2D eigenvalue weighted by molar-refractivity contribution is -0.387. The van der Waals surface area contributed by atoms with Crippen molar-refractivity contribution in [2.45, 2.75) is 0 Å². The fourth-order valence-corrected chi connectivity index (χ4v) is 2.50. The van der Waals surface area contributed by atoms with Crippen LogP contribution in [-0.4, -0.2) is 30.6 Å². The zero-order valence-corrected chi connectivity index (χ0v) is 14.0. The smallest absolute Gasteiger partial charge is 0.306 e. The second kappa shape index (κ2) is 7.44. The number of nitrogens with one attached hydrogen (secondary N) is 2. The normalized spacial score (nSPS) is 12.4. The molecule has 136 valence electrons. The molecule has 1 heterocycles. The highest BCUT2D eigenvalue weighted by Crippen LogP contribution is 2.37. The van der Waals surface area contributed by atoms with Crippen molar-refractivity contribution in [1.29, 1.82) is 0 Å². The number of carbonyl (C=O) groups is 1. The number of halogens is 2. The molecule has 1 amide bonds. The van der Waals surface area contributed by atoms with Crippen molar-refractivity contribution >= 4 is 34.6 Å². The topological polar surface area (TPSA) is 103 Å². The quantitative estimate of drug-likeness (QED) is 0.609. The molecule has 2 aromatic carbocycles. The van der Waals surface area contributed by atoms with Gasteiger partial charge >= 0.3 is 5.69 Å². The van der Waals surface area contributed by atoms with Crippen LogP contribution >= 0.6 is 11.6 Å². The van der Waals surface area contributed by atoms with Crippen molar-refractivity contribution in [3.8, 4) is 11.5 Å². The number of rotatable bonds is 5. The third-order valence-electron chi connectivity index (χ3n) is 3.50. The maximum atomic E-state index is 13.3. The molecule has 0 atom stereocenters. The molecule has 0 saturated heterocycles. The van der Waals surface area contributed by atoms with Crippen LogP contribution in [0.25, 0.3) is 0 Å². The van der Waals surface area contributed by atoms with Gasteiger partial charge in [0.2, 0.25) is 11.7 Å². The summed E-state index contributed by atoms with van der Waals surface area (Å²) in [5.41, 5.74) is -0.0976. The van der Waals surface area contributed by atoms with Gasteiger partial charge in [0, 0.05) is 23.9 Å². The van der Waals surface area contributed by atoms with Crippen LogP contribution in [0.2, 0.25) is 5.02 Å². The van der Waals surface area contributed by atoms with Crippen LogP contribution in [0.4, 0.5) is 21.5 Å². The third-order valence-corrected chi connectivity index (χ3v) is 3.81. The van der Waals surface area contributed by atoms with Crippen LogP contribution in [-0.2, 0) is 4.79 Å². The van der Waals surface area contributed by atoms with Gasteiger partial charge in [-0.2, -0.15) is 4.39 Å². The molecule has 3 rings (SSSR count). The number of anilines is 2. The van der Waals surface area contributed by atoms with Crippen molar-refractivity contribution in [2.75, 3.05) is 30.4 Å². The Bertz CT molecular complexity index is 877. The van der Waals surface area contributed by atoms with Gasteiger partial charge in [0.15, 0.2) is 11.5 Å². The number of hydrogen-bond donors (Lipinski definition) is 2. The number of nitro groups is 1. The molecule has 1 aliphatic rings. The predicted molar refractivity (Wildman–Crippen MR) is 92.6 cm³/mol. The fourth-order valence-electron chi connectivity index (χ4n) is 2.30. The number of ether oxygens (including phenoxy) is 2. The number of carbonyl (C=O) groups excluding carboxylic acids is 1. The molecule has 0 fully saturated rings. The Balaban J connectivity index is 1.65. The maximum absolute atomic E-state index is 13.3. The first-order chi connectivity index (χ1) is 12.4. The number of nitrogens with zero attached hydrogens (tertiary/aromatic N) is 1. The Morgan fingerprint density at radius 1 is 1.23 bits per heavy atom. The van der Waals surface area contributed by atoms with E-state index in [0.717, 1.165) is 12.1 Å². The molecular weight excluding hydrogens is 369 g/mol. The molecule has 1 aliphatic heterocycles. The van der Waals surface area contributed by atoms with Gasteiger partial charge in [-0.3, -0.25) is 14.9 Å². The van der Waals surface area contributed by atoms with Gasteiger partial charge in [0.1, 0.15) is 13.2 Å². The highest BCUT2D eigenvalue weighted by atomic mass is 35.5. The van der Waals surface area contributed by atoms with Gasteiger partial charge < -0.3 is 20.1 Å². The van der Waals surface area contributed by atoms with Gasteiger partial charge in [0.25, 0.3) is 0 Å². The molecule has 0 aliphatic carbocycles. The number of nitro benzene ring substituents is 1. The van der Waals surface area contributed by atoms with E-state index in [0.29, 0.717) is 30.4 Å². The van der Waals surface area contributed by atoms with Crippen LogP contribution in [0.15, 0.2) is 30.3 Å². The Morgan fingerprint density at radius 2 is 1.92 bits per heavy atom. The summed E-state index contributed by atoms with van der Waals surface area (Å²) in [7, 11) is 0. The van der Waals surface area contributed by atoms with Crippen LogP contribution < -0.4 is 20.1 Å². The largest absolute Gasteiger partial charge is 0.486 e. The Kier molecular flexibility index (Phi) is 5.08. The van der Waals surface area contributed by atoms with E-state index in [1.807, 2.05) is 0 Å². The standard InChI is InChI=1S/C16H13ClFN3O5/c17-10-6-14-15(26-4-3-25-14)7-12(10)20-16(22)8-19-9-1-2-11(18)13(5-9)21(23)24/h1-2,5-7,19H,3-4,8H2,(H,20,22). The van der Waals surface area contributed by atoms with Crippen molar-refractivity contribution in [3.05, 3.63) is 51.3 Å². The summed E-state index contributed by atoms with van der Waals surface area (Å²) in [6, 6.07) is 6.36. The van der Waals surface area contributed by atoms with Gasteiger partial charge in [-0.1, -0.05) is 11.6 Å². The van der Waals surface area contributed by atoms with E-state index in [4.69, 9.17) is 21.1 Å². The average Bonchev–Trinajstić information content (AvgIpc) is 2.61. The summed E-state index contributed by atoms with van der Waals surface area (Å²) in [5, 5.41) is 16.3. The van der Waals surface area contributed by atoms with Gasteiger partial charge in [0.05, 0.1) is 22.2 Å². The average molecular weight is 382 g/mol. The molecular formula is C16H13ClFN3O5. The number of benzene rings is 2. The summed E-state index contributed by atoms with van der Waals surface area (Å²) in [4.78, 5) is 22.0. The monoisotopic (exact) mass is 381 g/mol. The molecule has 0 radical (unpaired) electrons. The van der Waals surface area contributed by atoms with E-state index in [2.05, 4.69) is 10.6 Å². The summed E-state index contributed by atoms with van der Waals surface area (Å²) in [6.07, 6.45) is 0. The zero-order chi connectivity index (χ0) is 18.7. The Hall–Kier alpha value is -3.07. The SMILES string of the molecule is O=C(CNc1ccc(F)c([N+](=O)[O-])c1)Nc1cc2c(cc1Cl)OCCO2. The van der Waals surface area contributed by atoms with E-state index in [1.54, 1.807) is 12.1 Å². The highest BCUT2D eigenvalue weighted by molar-refractivity contribution is 6.34. The lowest BCUT2D eigenvalue weighted by atomic mass is 10.2. The molecule has 0 bridgehead atoms. The summed E-state index contributed by atoms with van der Waals surface area (Å²) in [5.74, 6) is -0.433. The predicted octanol–water partition coefficient (Wildman–Crippen LogP) is 3.21. The zero-order valence-electron chi connectivity index (χ0n) is 13.3. The molecule has 26 heavy (non-hydrogen) atoms. The van der Waals surface area contributed by atoms with Gasteiger partial charge in [-0.05, 0) is 12.1 Å². The van der Waals surface area contributed by atoms with E-state index in [9.17, 15) is 19.3 Å². The molecule has 2 N–H and O–H groups in total. The minimum absolute atomic E-state index is 0.201. The van der Waals surface area contributed by atoms with E-state index in [1.165, 1.54) is 6.07 Å². The van der Waals surface area contributed by atoms with Crippen LogP contribution in [0.3, 0.4) is 0 Å². The highest BCUT2D eigenvalue weighted by Gasteiger charge is 2.17. The summed E-state index contributed by atoms with van der Waals surface area (Å²) >= 11 is 6.11. The van der Waals surface area contributed by atoms with Crippen molar-refractivity contribution < 1.29 is 23.6 Å². The first kappa shape index (κ1) is 17.7. The second-order valence-electron chi connectivity index (χ2n) is 5.30. The van der Waals surface area contributed by atoms with E-state index >= 15 is 0 Å². The summed E-state index contributed by atoms with van der Waals surface area (Å²) < 4.78 is 24.1. The van der Waals surface area contributed by atoms with Crippen molar-refractivity contribution in [3.63, 3.8) is 0 Å². The lowest BCUT2D eigenvalue weighted by Crippen LogP contribution is -2.22. The van der Waals surface area contributed by atoms with Crippen LogP contribution in [0, 0.1) is 15.9 Å². The van der Waals surface area contributed by atoms with Gasteiger partial charge in [-0.25, -0.2) is 0 Å². The molecule has 8 nitrogen and oxygen atoms in total. The van der Waals surface area contributed by atoms with Crippen molar-refractivity contribution in [2.24, 2.45) is 0 Å². The minimum atomic E-state index is -0.951. The van der Waals surface area contributed by atoms with Crippen molar-refractivity contribution in [1.82, 2.24) is 0 Å². The van der Waals surface area contributed by atoms with E-state index in [-0.39, 0.29) is 17.3 Å². The number of fused-ring (bicyclic) bond motifs is 1. The van der Waals surface area contributed by atoms with Gasteiger partial charge in [-0.15, -0.1) is 0 Å². The Labute approximate surface area is 152 Å². The first-order valence-corrected chi connectivity index (χ1v) is 7.88. The molecule has 0 aromatic heterocycles. The van der Waals surface area contributed by atoms with Crippen LogP contribution in [0.1, 0.15) is 0 Å². The van der Waals surface area contributed by atoms with Crippen LogP contribution in [0.5, 0.6) is 11.5 Å². The second-order valence-corrected chi connectivity index (χ2v) is 5.71. The third kappa shape index (κ3) is 3.94. The Morgan fingerprint density at radius 3 is 2.62 bits per heavy atom. The fraction of sp³-hybridized carbons (Fsp3) is 0.188. The molecule has 0 saturated carbocycles. The lowest BCUT2D eigenvalue weighted by Gasteiger charge is -2.20. The molecule has 10 heteroatoms. The number of hydrogen-bond acceptors (Lipinski definition) is 6. The molecule has 0 unspecified atom stereocenters. The van der Waals surface area contributed by atoms with E-state index < -0.39 is 22.3 Å². The first-order valence-electron chi connectivity index (χ1n) is 7.51. The summed E-state index contributed by atoms with van der Waals surface area (Å²) in [6.45, 7) is 0.614. The number of amides is 1. The molecule has 0 spiro atoms.